The van der Waals surface area contributed by atoms with E-state index in [1.165, 1.54) is 30.5 Å². The molecule has 2 N–H and O–H groups in total. The minimum Gasteiger partial charge on any atom is -0.507 e. The summed E-state index contributed by atoms with van der Waals surface area (Å²) in [4.78, 5) is 21.9. The van der Waals surface area contributed by atoms with Crippen LogP contribution in [0.4, 0.5) is 5.69 Å². The van der Waals surface area contributed by atoms with Crippen molar-refractivity contribution in [2.24, 2.45) is 5.10 Å². The number of non-ortho nitro benzene ring substituents is 1. The molecule has 0 aromatic heterocycles. The summed E-state index contributed by atoms with van der Waals surface area (Å²) in [6, 6.07) is 7.81. The first-order chi connectivity index (χ1) is 10.9. The fourth-order valence-corrected chi connectivity index (χ4v) is 2.09. The highest BCUT2D eigenvalue weighted by atomic mass is 35.5. The molecule has 2 aromatic rings. The van der Waals surface area contributed by atoms with Crippen LogP contribution in [0.1, 0.15) is 15.9 Å². The number of phenols is 1. The zero-order chi connectivity index (χ0) is 17.0. The maximum Gasteiger partial charge on any atom is 0.272 e. The predicted octanol–water partition coefficient (Wildman–Crippen LogP) is 3.37. The summed E-state index contributed by atoms with van der Waals surface area (Å²) >= 11 is 11.6. The zero-order valence-electron chi connectivity index (χ0n) is 11.4. The molecular weight excluding hydrogens is 345 g/mol. The van der Waals surface area contributed by atoms with Gasteiger partial charge < -0.3 is 5.11 Å². The van der Waals surface area contributed by atoms with E-state index < -0.39 is 10.8 Å². The zero-order valence-corrected chi connectivity index (χ0v) is 12.9. The standard InChI is InChI=1S/C14H9Cl2N3O4/c15-9-1-4-13(20)8(5-9)7-17-18-14(21)11-3-2-10(19(22)23)6-12(11)16/h1-7,20H,(H,18,21)/b17-7+. The molecule has 9 heteroatoms. The van der Waals surface area contributed by atoms with Crippen LogP contribution in [0.15, 0.2) is 41.5 Å². The van der Waals surface area contributed by atoms with E-state index in [-0.39, 0.29) is 22.0 Å². The number of halogens is 2. The van der Waals surface area contributed by atoms with Gasteiger partial charge in [-0.05, 0) is 24.3 Å². The molecule has 0 spiro atoms. The maximum atomic E-state index is 11.9. The Kier molecular flexibility index (Phi) is 5.15. The van der Waals surface area contributed by atoms with Gasteiger partial charge in [-0.3, -0.25) is 14.9 Å². The predicted molar refractivity (Wildman–Crippen MR) is 86.3 cm³/mol. The van der Waals surface area contributed by atoms with Crippen LogP contribution in [0.2, 0.25) is 10.0 Å². The van der Waals surface area contributed by atoms with Crippen molar-refractivity contribution in [1.29, 1.82) is 0 Å². The average molecular weight is 354 g/mol. The first-order valence-corrected chi connectivity index (χ1v) is 6.90. The number of aromatic hydroxyl groups is 1. The third-order valence-corrected chi connectivity index (χ3v) is 3.32. The molecule has 7 nitrogen and oxygen atoms in total. The van der Waals surface area contributed by atoms with Crippen molar-refractivity contribution >= 4 is 41.0 Å². The van der Waals surface area contributed by atoms with E-state index >= 15 is 0 Å². The van der Waals surface area contributed by atoms with Crippen molar-refractivity contribution in [3.8, 4) is 5.75 Å². The third-order valence-electron chi connectivity index (χ3n) is 2.77. The number of hydrogen-bond donors (Lipinski definition) is 2. The number of nitro groups is 1. The molecule has 0 saturated carbocycles. The molecule has 0 bridgehead atoms. The molecule has 118 valence electrons. The Morgan fingerprint density at radius 3 is 2.65 bits per heavy atom. The van der Waals surface area contributed by atoms with Crippen LogP contribution in [-0.2, 0) is 0 Å². The summed E-state index contributed by atoms with van der Waals surface area (Å²) < 4.78 is 0. The van der Waals surface area contributed by atoms with E-state index in [0.29, 0.717) is 10.6 Å². The molecule has 0 radical (unpaired) electrons. The van der Waals surface area contributed by atoms with Crippen LogP contribution in [0, 0.1) is 10.1 Å². The number of rotatable bonds is 4. The van der Waals surface area contributed by atoms with Gasteiger partial charge in [-0.25, -0.2) is 5.43 Å². The smallest absolute Gasteiger partial charge is 0.272 e. The Labute approximate surface area is 140 Å². The molecule has 0 fully saturated rings. The number of amides is 1. The van der Waals surface area contributed by atoms with E-state index in [2.05, 4.69) is 10.5 Å². The van der Waals surface area contributed by atoms with Gasteiger partial charge in [-0.15, -0.1) is 0 Å². The number of carbonyl (C=O) groups is 1. The molecule has 2 rings (SSSR count). The van der Waals surface area contributed by atoms with Crippen LogP contribution in [0.5, 0.6) is 5.75 Å². The summed E-state index contributed by atoms with van der Waals surface area (Å²) in [6.07, 6.45) is 1.21. The number of phenolic OH excluding ortho intramolecular Hbond substituents is 1. The summed E-state index contributed by atoms with van der Waals surface area (Å²) in [5.74, 6) is -0.705. The summed E-state index contributed by atoms with van der Waals surface area (Å²) in [5.41, 5.74) is 2.33. The monoisotopic (exact) mass is 353 g/mol. The third kappa shape index (κ3) is 4.18. The van der Waals surface area contributed by atoms with Gasteiger partial charge in [0.1, 0.15) is 5.75 Å². The van der Waals surface area contributed by atoms with Gasteiger partial charge in [0.25, 0.3) is 11.6 Å². The lowest BCUT2D eigenvalue weighted by molar-refractivity contribution is -0.384. The topological polar surface area (TPSA) is 105 Å². The van der Waals surface area contributed by atoms with Crippen molar-refractivity contribution in [2.75, 3.05) is 0 Å². The summed E-state index contributed by atoms with van der Waals surface area (Å²) in [7, 11) is 0. The van der Waals surface area contributed by atoms with E-state index in [1.54, 1.807) is 0 Å². The second-order valence-electron chi connectivity index (χ2n) is 4.32. The summed E-state index contributed by atoms with van der Waals surface area (Å²) in [6.45, 7) is 0. The maximum absolute atomic E-state index is 11.9. The second kappa shape index (κ2) is 7.08. The van der Waals surface area contributed by atoms with Gasteiger partial charge in [0.05, 0.1) is 21.7 Å². The SMILES string of the molecule is O=C(N/N=C/c1cc(Cl)ccc1O)c1ccc([N+](=O)[O-])cc1Cl. The molecule has 0 aliphatic rings. The van der Waals surface area contributed by atoms with Gasteiger partial charge >= 0.3 is 0 Å². The normalized spacial score (nSPS) is 10.7. The van der Waals surface area contributed by atoms with E-state index in [0.717, 1.165) is 12.1 Å². The molecule has 0 aliphatic heterocycles. The van der Waals surface area contributed by atoms with Gasteiger partial charge in [-0.1, -0.05) is 23.2 Å². The first-order valence-electron chi connectivity index (χ1n) is 6.14. The highest BCUT2D eigenvalue weighted by Gasteiger charge is 2.14. The Morgan fingerprint density at radius 2 is 2.00 bits per heavy atom. The molecule has 0 heterocycles. The molecule has 1 amide bonds. The lowest BCUT2D eigenvalue weighted by Gasteiger charge is -2.03. The van der Waals surface area contributed by atoms with Gasteiger partial charge in [0, 0.05) is 22.7 Å². The second-order valence-corrected chi connectivity index (χ2v) is 5.17. The van der Waals surface area contributed by atoms with Crippen LogP contribution >= 0.6 is 23.2 Å². The number of nitrogens with one attached hydrogen (secondary N) is 1. The van der Waals surface area contributed by atoms with Crippen LogP contribution in [-0.4, -0.2) is 22.2 Å². The Hall–Kier alpha value is -2.64. The van der Waals surface area contributed by atoms with Crippen molar-refractivity contribution in [1.82, 2.24) is 5.43 Å². The number of carbonyl (C=O) groups excluding carboxylic acids is 1. The fourth-order valence-electron chi connectivity index (χ4n) is 1.65. The minimum atomic E-state index is -0.650. The molecule has 0 unspecified atom stereocenters. The van der Waals surface area contributed by atoms with Crippen LogP contribution in [0.25, 0.3) is 0 Å². The Morgan fingerprint density at radius 1 is 1.26 bits per heavy atom. The highest BCUT2D eigenvalue weighted by Crippen LogP contribution is 2.22. The summed E-state index contributed by atoms with van der Waals surface area (Å²) in [5, 5.41) is 24.2. The van der Waals surface area contributed by atoms with Crippen molar-refractivity contribution in [3.63, 3.8) is 0 Å². The number of hydrogen-bond acceptors (Lipinski definition) is 5. The fraction of sp³-hybridized carbons (Fsp3) is 0. The Bertz CT molecular complexity index is 809. The number of benzene rings is 2. The lowest BCUT2D eigenvalue weighted by atomic mass is 10.2. The minimum absolute atomic E-state index is 0.0322. The van der Waals surface area contributed by atoms with E-state index in [9.17, 15) is 20.0 Å². The van der Waals surface area contributed by atoms with Crippen molar-refractivity contribution < 1.29 is 14.8 Å². The molecule has 0 saturated heterocycles. The van der Waals surface area contributed by atoms with Gasteiger partial charge in [0.2, 0.25) is 0 Å². The lowest BCUT2D eigenvalue weighted by Crippen LogP contribution is -2.18. The number of nitrogens with zero attached hydrogens (tertiary/aromatic N) is 2. The van der Waals surface area contributed by atoms with Crippen molar-refractivity contribution in [2.45, 2.75) is 0 Å². The van der Waals surface area contributed by atoms with E-state index in [1.807, 2.05) is 0 Å². The molecule has 0 aliphatic carbocycles. The molecule has 0 atom stereocenters. The van der Waals surface area contributed by atoms with E-state index in [4.69, 9.17) is 23.2 Å². The molecule has 2 aromatic carbocycles. The van der Waals surface area contributed by atoms with Gasteiger partial charge in [0.15, 0.2) is 0 Å². The van der Waals surface area contributed by atoms with Gasteiger partial charge in [-0.2, -0.15) is 5.10 Å². The number of hydrazone groups is 1. The van der Waals surface area contributed by atoms with Crippen LogP contribution < -0.4 is 5.43 Å². The number of nitro benzene ring substituents is 1. The quantitative estimate of drug-likeness (QED) is 0.499. The van der Waals surface area contributed by atoms with Crippen molar-refractivity contribution in [3.05, 3.63) is 67.7 Å². The average Bonchev–Trinajstić information content (AvgIpc) is 2.50. The molecule has 23 heavy (non-hydrogen) atoms. The highest BCUT2D eigenvalue weighted by molar-refractivity contribution is 6.34. The largest absolute Gasteiger partial charge is 0.507 e. The molecular formula is C14H9Cl2N3O4. The first kappa shape index (κ1) is 16.7. The van der Waals surface area contributed by atoms with Crippen LogP contribution in [0.3, 0.4) is 0 Å². The Balaban J connectivity index is 2.12.